The van der Waals surface area contributed by atoms with Crippen LogP contribution in [-0.2, 0) is 7.05 Å². The van der Waals surface area contributed by atoms with Crippen molar-refractivity contribution in [2.45, 2.75) is 26.8 Å². The molecule has 0 saturated heterocycles. The van der Waals surface area contributed by atoms with Crippen LogP contribution in [-0.4, -0.2) is 27.1 Å². The normalized spacial score (nSPS) is 11.9. The van der Waals surface area contributed by atoms with E-state index in [-0.39, 0.29) is 5.91 Å². The fraction of sp³-hybridized carbons (Fsp3) is 0.231. The van der Waals surface area contributed by atoms with Crippen molar-refractivity contribution >= 4 is 5.91 Å². The van der Waals surface area contributed by atoms with Crippen LogP contribution in [0.5, 0.6) is 5.75 Å². The Hall–Kier alpha value is -3.80. The molecule has 2 aromatic heterocycles. The molecular formula is C26H28N4O2. The van der Waals surface area contributed by atoms with Crippen LogP contribution in [0.2, 0.25) is 0 Å². The van der Waals surface area contributed by atoms with Gasteiger partial charge in [0.1, 0.15) is 17.6 Å². The first-order chi connectivity index (χ1) is 15.4. The van der Waals surface area contributed by atoms with Crippen molar-refractivity contribution in [2.75, 3.05) is 7.11 Å². The topological polar surface area (TPSA) is 61.1 Å². The molecule has 2 heterocycles. The van der Waals surface area contributed by atoms with Crippen LogP contribution < -0.4 is 10.1 Å². The number of carbonyl (C=O) groups is 1. The zero-order valence-corrected chi connectivity index (χ0v) is 19.1. The van der Waals surface area contributed by atoms with E-state index in [1.54, 1.807) is 13.3 Å². The Morgan fingerprint density at radius 2 is 1.81 bits per heavy atom. The molecule has 1 amide bonds. The molecule has 0 radical (unpaired) electrons. The molecule has 1 unspecified atom stereocenters. The number of ether oxygens (including phenoxy) is 1. The van der Waals surface area contributed by atoms with Gasteiger partial charge in [-0.05, 0) is 62.2 Å². The summed E-state index contributed by atoms with van der Waals surface area (Å²) < 4.78 is 9.32. The predicted octanol–water partition coefficient (Wildman–Crippen LogP) is 4.66. The lowest BCUT2D eigenvalue weighted by molar-refractivity contribution is 0.0940. The number of nitrogens with one attached hydrogen (secondary N) is 1. The minimum atomic E-state index is -0.393. The molecular weight excluding hydrogens is 400 g/mol. The van der Waals surface area contributed by atoms with Crippen molar-refractivity contribution in [1.82, 2.24) is 19.4 Å². The second kappa shape index (κ2) is 8.75. The van der Waals surface area contributed by atoms with Gasteiger partial charge in [0.25, 0.3) is 5.91 Å². The molecule has 1 atom stereocenters. The minimum Gasteiger partial charge on any atom is -0.497 e. The second-order valence-corrected chi connectivity index (χ2v) is 8.04. The van der Waals surface area contributed by atoms with E-state index in [0.29, 0.717) is 5.56 Å². The lowest BCUT2D eigenvalue weighted by atomic mass is 10.0. The largest absolute Gasteiger partial charge is 0.497 e. The zero-order chi connectivity index (χ0) is 22.8. The third-order valence-electron chi connectivity index (χ3n) is 5.78. The quantitative estimate of drug-likeness (QED) is 0.486. The molecule has 0 aliphatic rings. The fourth-order valence-electron chi connectivity index (χ4n) is 4.11. The van der Waals surface area contributed by atoms with Gasteiger partial charge in [0.05, 0.1) is 12.7 Å². The number of aryl methyl sites for hydroxylation is 3. The summed E-state index contributed by atoms with van der Waals surface area (Å²) in [6.45, 7) is 6.07. The van der Waals surface area contributed by atoms with E-state index < -0.39 is 6.04 Å². The van der Waals surface area contributed by atoms with Crippen molar-refractivity contribution in [3.05, 3.63) is 101 Å². The molecule has 6 heteroatoms. The first-order valence-corrected chi connectivity index (χ1v) is 10.6. The molecule has 0 aliphatic heterocycles. The number of benzene rings is 2. The first-order valence-electron chi connectivity index (χ1n) is 10.6. The third kappa shape index (κ3) is 4.04. The second-order valence-electron chi connectivity index (χ2n) is 8.04. The third-order valence-corrected chi connectivity index (χ3v) is 5.78. The number of methoxy groups -OCH3 is 1. The van der Waals surface area contributed by atoms with Gasteiger partial charge in [-0.1, -0.05) is 24.3 Å². The van der Waals surface area contributed by atoms with Crippen LogP contribution in [0.15, 0.2) is 67.0 Å². The maximum absolute atomic E-state index is 13.5. The van der Waals surface area contributed by atoms with Crippen molar-refractivity contribution in [2.24, 2.45) is 7.05 Å². The standard InChI is InChI=1S/C26H28N4O2/c1-17-7-6-8-21(15-17)30-18(2)16-23(19(30)3)26(31)28-24(25-27-13-14-29(25)4)20-9-11-22(32-5)12-10-20/h6-16,24H,1-5H3,(H,28,31). The molecule has 0 bridgehead atoms. The van der Waals surface area contributed by atoms with Gasteiger partial charge >= 0.3 is 0 Å². The smallest absolute Gasteiger partial charge is 0.253 e. The number of aromatic nitrogens is 3. The molecule has 32 heavy (non-hydrogen) atoms. The Labute approximate surface area is 188 Å². The van der Waals surface area contributed by atoms with E-state index in [9.17, 15) is 4.79 Å². The van der Waals surface area contributed by atoms with Gasteiger partial charge < -0.3 is 19.2 Å². The van der Waals surface area contributed by atoms with Crippen LogP contribution in [0.1, 0.15) is 44.7 Å². The molecule has 1 N–H and O–H groups in total. The number of rotatable bonds is 6. The molecule has 0 spiro atoms. The predicted molar refractivity (Wildman–Crippen MR) is 125 cm³/mol. The monoisotopic (exact) mass is 428 g/mol. The highest BCUT2D eigenvalue weighted by atomic mass is 16.5. The van der Waals surface area contributed by atoms with Gasteiger partial charge in [-0.3, -0.25) is 4.79 Å². The Morgan fingerprint density at radius 3 is 2.44 bits per heavy atom. The number of hydrogen-bond acceptors (Lipinski definition) is 3. The number of hydrogen-bond donors (Lipinski definition) is 1. The highest BCUT2D eigenvalue weighted by Gasteiger charge is 2.24. The van der Waals surface area contributed by atoms with Gasteiger partial charge in [-0.25, -0.2) is 4.98 Å². The average Bonchev–Trinajstić information content (AvgIpc) is 3.34. The fourth-order valence-corrected chi connectivity index (χ4v) is 4.11. The molecule has 164 valence electrons. The molecule has 0 fully saturated rings. The van der Waals surface area contributed by atoms with Crippen molar-refractivity contribution in [1.29, 1.82) is 0 Å². The summed E-state index contributed by atoms with van der Waals surface area (Å²) >= 11 is 0. The summed E-state index contributed by atoms with van der Waals surface area (Å²) in [6.07, 6.45) is 3.61. The van der Waals surface area contributed by atoms with Crippen molar-refractivity contribution < 1.29 is 9.53 Å². The SMILES string of the molecule is COc1ccc(C(NC(=O)c2cc(C)n(-c3cccc(C)c3)c2C)c2nccn2C)cc1. The highest BCUT2D eigenvalue weighted by molar-refractivity contribution is 5.96. The number of carbonyl (C=O) groups excluding carboxylic acids is 1. The highest BCUT2D eigenvalue weighted by Crippen LogP contribution is 2.26. The van der Waals surface area contributed by atoms with E-state index >= 15 is 0 Å². The summed E-state index contributed by atoms with van der Waals surface area (Å²) in [7, 11) is 3.56. The Kier molecular flexibility index (Phi) is 5.86. The summed E-state index contributed by atoms with van der Waals surface area (Å²) in [5.74, 6) is 1.39. The lowest BCUT2D eigenvalue weighted by Crippen LogP contribution is -2.31. The maximum atomic E-state index is 13.5. The Balaban J connectivity index is 1.70. The van der Waals surface area contributed by atoms with Gasteiger partial charge in [0.15, 0.2) is 0 Å². The summed E-state index contributed by atoms with van der Waals surface area (Å²) in [6, 6.07) is 17.5. The van der Waals surface area contributed by atoms with Crippen molar-refractivity contribution in [3.8, 4) is 11.4 Å². The summed E-state index contributed by atoms with van der Waals surface area (Å²) in [4.78, 5) is 18.0. The van der Waals surface area contributed by atoms with Crippen molar-refractivity contribution in [3.63, 3.8) is 0 Å². The Morgan fingerprint density at radius 1 is 1.06 bits per heavy atom. The molecule has 4 rings (SSSR count). The molecule has 4 aromatic rings. The van der Waals surface area contributed by atoms with Crippen LogP contribution in [0, 0.1) is 20.8 Å². The molecule has 2 aromatic carbocycles. The summed E-state index contributed by atoms with van der Waals surface area (Å²) in [5.41, 5.74) is 5.72. The molecule has 6 nitrogen and oxygen atoms in total. The lowest BCUT2D eigenvalue weighted by Gasteiger charge is -2.19. The van der Waals surface area contributed by atoms with E-state index in [1.165, 1.54) is 5.56 Å². The van der Waals surface area contributed by atoms with Crippen LogP contribution in [0.4, 0.5) is 0 Å². The van der Waals surface area contributed by atoms with E-state index in [1.807, 2.05) is 68.1 Å². The Bertz CT molecular complexity index is 1250. The van der Waals surface area contributed by atoms with Gasteiger partial charge in [-0.2, -0.15) is 0 Å². The van der Waals surface area contributed by atoms with Gasteiger partial charge in [0.2, 0.25) is 0 Å². The van der Waals surface area contributed by atoms with E-state index in [0.717, 1.165) is 34.2 Å². The number of imidazole rings is 1. The maximum Gasteiger partial charge on any atom is 0.253 e. The van der Waals surface area contributed by atoms with Crippen LogP contribution in [0.25, 0.3) is 5.69 Å². The van der Waals surface area contributed by atoms with Crippen LogP contribution >= 0.6 is 0 Å². The average molecular weight is 429 g/mol. The minimum absolute atomic E-state index is 0.138. The van der Waals surface area contributed by atoms with E-state index in [4.69, 9.17) is 4.74 Å². The number of amides is 1. The van der Waals surface area contributed by atoms with Gasteiger partial charge in [0, 0.05) is 36.5 Å². The first kappa shape index (κ1) is 21.4. The van der Waals surface area contributed by atoms with Gasteiger partial charge in [-0.15, -0.1) is 0 Å². The van der Waals surface area contributed by atoms with E-state index in [2.05, 4.69) is 40.0 Å². The molecule has 0 saturated carbocycles. The van der Waals surface area contributed by atoms with Crippen LogP contribution in [0.3, 0.4) is 0 Å². The summed E-state index contributed by atoms with van der Waals surface area (Å²) in [5, 5.41) is 3.20. The number of nitrogens with zero attached hydrogens (tertiary/aromatic N) is 3. The zero-order valence-electron chi connectivity index (χ0n) is 19.1. The molecule has 0 aliphatic carbocycles.